The summed E-state index contributed by atoms with van der Waals surface area (Å²) in [5, 5.41) is 2.57. The summed E-state index contributed by atoms with van der Waals surface area (Å²) in [7, 11) is -1.65. The standard InChI is InChI=1S/C22H22F4N2O4S/c1-14(29)27-11-18-12-28(21(30)32-18)17-6-7-19(20(23)10-17)16-4-2-15(3-5-16)13-33(31)9-8-22(24,25)26/h2-7,10,18H,8-9,11-13H2,1H3,(H,27,29). The number of amides is 2. The average Bonchev–Trinajstić information content (AvgIpc) is 3.11. The Kier molecular flexibility index (Phi) is 7.72. The molecule has 33 heavy (non-hydrogen) atoms. The van der Waals surface area contributed by atoms with Crippen LogP contribution in [0.3, 0.4) is 0 Å². The molecular weight excluding hydrogens is 464 g/mol. The van der Waals surface area contributed by atoms with Crippen LogP contribution < -0.4 is 10.2 Å². The number of anilines is 1. The Morgan fingerprint density at radius 1 is 1.21 bits per heavy atom. The number of nitrogens with zero attached hydrogens (tertiary/aromatic N) is 1. The molecule has 0 bridgehead atoms. The Bertz CT molecular complexity index is 1040. The van der Waals surface area contributed by atoms with Gasteiger partial charge in [0.15, 0.2) is 0 Å². The van der Waals surface area contributed by atoms with Gasteiger partial charge in [-0.3, -0.25) is 13.9 Å². The highest BCUT2D eigenvalue weighted by atomic mass is 32.2. The van der Waals surface area contributed by atoms with E-state index in [-0.39, 0.29) is 30.3 Å². The second-order valence-electron chi connectivity index (χ2n) is 7.57. The smallest absolute Gasteiger partial charge is 0.414 e. The molecule has 1 fully saturated rings. The largest absolute Gasteiger partial charge is 0.442 e. The van der Waals surface area contributed by atoms with Crippen LogP contribution in [0.1, 0.15) is 18.9 Å². The fourth-order valence-electron chi connectivity index (χ4n) is 3.27. The minimum atomic E-state index is -4.35. The van der Waals surface area contributed by atoms with Gasteiger partial charge in [-0.1, -0.05) is 24.3 Å². The highest BCUT2D eigenvalue weighted by molar-refractivity contribution is 7.84. The molecule has 2 aromatic rings. The monoisotopic (exact) mass is 486 g/mol. The minimum Gasteiger partial charge on any atom is -0.442 e. The van der Waals surface area contributed by atoms with Crippen LogP contribution in [-0.4, -0.2) is 47.3 Å². The number of ether oxygens (including phenoxy) is 1. The van der Waals surface area contributed by atoms with Crippen LogP contribution in [0.4, 0.5) is 28.0 Å². The molecule has 0 aliphatic carbocycles. The zero-order valence-electron chi connectivity index (χ0n) is 17.7. The number of alkyl halides is 3. The van der Waals surface area contributed by atoms with Crippen LogP contribution in [0.2, 0.25) is 0 Å². The predicted molar refractivity (Wildman–Crippen MR) is 116 cm³/mol. The van der Waals surface area contributed by atoms with E-state index in [0.29, 0.717) is 16.8 Å². The van der Waals surface area contributed by atoms with E-state index in [4.69, 9.17) is 4.74 Å². The van der Waals surface area contributed by atoms with Crippen molar-refractivity contribution in [2.24, 2.45) is 0 Å². The van der Waals surface area contributed by atoms with Crippen LogP contribution in [0.25, 0.3) is 11.1 Å². The lowest BCUT2D eigenvalue weighted by molar-refractivity contribution is -0.129. The Morgan fingerprint density at radius 3 is 2.52 bits per heavy atom. The van der Waals surface area contributed by atoms with Gasteiger partial charge in [0.05, 0.1) is 25.2 Å². The fourth-order valence-corrected chi connectivity index (χ4v) is 4.44. The van der Waals surface area contributed by atoms with E-state index in [9.17, 15) is 31.4 Å². The SMILES string of the molecule is CC(=O)NCC1CN(c2ccc(-c3ccc(CS(=O)CCC(F)(F)F)cc3)c(F)c2)C(=O)O1. The molecule has 2 amide bonds. The third-order valence-corrected chi connectivity index (χ3v) is 6.24. The molecule has 2 atom stereocenters. The minimum absolute atomic E-state index is 0.0193. The molecule has 2 unspecified atom stereocenters. The van der Waals surface area contributed by atoms with Crippen LogP contribution in [0.5, 0.6) is 0 Å². The molecule has 11 heteroatoms. The van der Waals surface area contributed by atoms with E-state index in [1.165, 1.54) is 24.0 Å². The maximum Gasteiger partial charge on any atom is 0.414 e. The summed E-state index contributed by atoms with van der Waals surface area (Å²) in [6.45, 7) is 1.67. The lowest BCUT2D eigenvalue weighted by Gasteiger charge is -2.15. The van der Waals surface area contributed by atoms with Gasteiger partial charge in [-0.15, -0.1) is 0 Å². The third-order valence-electron chi connectivity index (χ3n) is 4.92. The van der Waals surface area contributed by atoms with E-state index in [1.807, 2.05) is 0 Å². The van der Waals surface area contributed by atoms with Crippen LogP contribution in [0, 0.1) is 5.82 Å². The molecule has 2 aromatic carbocycles. The normalized spacial score (nSPS) is 17.1. The number of carbonyl (C=O) groups is 2. The van der Waals surface area contributed by atoms with Gasteiger partial charge in [0.1, 0.15) is 11.9 Å². The van der Waals surface area contributed by atoms with Gasteiger partial charge in [-0.25, -0.2) is 9.18 Å². The summed E-state index contributed by atoms with van der Waals surface area (Å²) in [5.41, 5.74) is 1.69. The van der Waals surface area contributed by atoms with Crippen molar-refractivity contribution >= 4 is 28.5 Å². The van der Waals surface area contributed by atoms with Crippen molar-refractivity contribution in [3.05, 3.63) is 53.8 Å². The first-order valence-electron chi connectivity index (χ1n) is 10.0. The number of hydrogen-bond acceptors (Lipinski definition) is 4. The molecule has 1 aliphatic heterocycles. The van der Waals surface area contributed by atoms with Crippen molar-refractivity contribution in [3.63, 3.8) is 0 Å². The van der Waals surface area contributed by atoms with Crippen molar-refractivity contribution in [1.82, 2.24) is 5.32 Å². The second-order valence-corrected chi connectivity index (χ2v) is 9.14. The summed E-state index contributed by atoms with van der Waals surface area (Å²) >= 11 is 0. The van der Waals surface area contributed by atoms with Crippen molar-refractivity contribution in [1.29, 1.82) is 0 Å². The van der Waals surface area contributed by atoms with E-state index in [0.717, 1.165) is 0 Å². The van der Waals surface area contributed by atoms with Gasteiger partial charge in [0.25, 0.3) is 0 Å². The number of benzene rings is 2. The maximum atomic E-state index is 14.8. The van der Waals surface area contributed by atoms with Crippen molar-refractivity contribution in [3.8, 4) is 11.1 Å². The van der Waals surface area contributed by atoms with Crippen LogP contribution >= 0.6 is 0 Å². The molecular formula is C22H22F4N2O4S. The van der Waals surface area contributed by atoms with Crippen LogP contribution in [0.15, 0.2) is 42.5 Å². The Morgan fingerprint density at radius 2 is 1.91 bits per heavy atom. The number of carbonyl (C=O) groups excluding carboxylic acids is 2. The molecule has 178 valence electrons. The summed E-state index contributed by atoms with van der Waals surface area (Å²) in [4.78, 5) is 24.4. The highest BCUT2D eigenvalue weighted by Gasteiger charge is 2.32. The Labute approximate surface area is 190 Å². The van der Waals surface area contributed by atoms with Gasteiger partial charge in [0, 0.05) is 34.8 Å². The van der Waals surface area contributed by atoms with Gasteiger partial charge in [-0.05, 0) is 29.3 Å². The molecule has 1 N–H and O–H groups in total. The Balaban J connectivity index is 1.64. The predicted octanol–water partition coefficient (Wildman–Crippen LogP) is 4.16. The van der Waals surface area contributed by atoms with Crippen molar-refractivity contribution in [2.75, 3.05) is 23.7 Å². The number of hydrogen-bond donors (Lipinski definition) is 1. The van der Waals surface area contributed by atoms with Gasteiger partial charge >= 0.3 is 12.3 Å². The lowest BCUT2D eigenvalue weighted by atomic mass is 10.0. The molecule has 1 heterocycles. The second kappa shape index (κ2) is 10.3. The Hall–Kier alpha value is -2.95. The summed E-state index contributed by atoms with van der Waals surface area (Å²) in [6, 6.07) is 10.7. The molecule has 6 nitrogen and oxygen atoms in total. The first-order chi connectivity index (χ1) is 15.5. The zero-order valence-corrected chi connectivity index (χ0v) is 18.5. The number of nitrogens with one attached hydrogen (secondary N) is 1. The third kappa shape index (κ3) is 7.01. The first kappa shape index (κ1) is 24.7. The molecule has 0 saturated carbocycles. The summed E-state index contributed by atoms with van der Waals surface area (Å²) < 4.78 is 68.6. The molecule has 1 saturated heterocycles. The molecule has 0 radical (unpaired) electrons. The van der Waals surface area contributed by atoms with Crippen molar-refractivity contribution < 1.29 is 36.1 Å². The maximum absolute atomic E-state index is 14.8. The fraction of sp³-hybridized carbons (Fsp3) is 0.364. The number of cyclic esters (lactones) is 1. The van der Waals surface area contributed by atoms with E-state index < -0.39 is 47.2 Å². The summed E-state index contributed by atoms with van der Waals surface area (Å²) in [5.74, 6) is -1.31. The van der Waals surface area contributed by atoms with Gasteiger partial charge in [0.2, 0.25) is 5.91 Å². The van der Waals surface area contributed by atoms with Crippen LogP contribution in [-0.2, 0) is 26.1 Å². The van der Waals surface area contributed by atoms with Gasteiger partial charge in [-0.2, -0.15) is 13.2 Å². The van der Waals surface area contributed by atoms with Crippen molar-refractivity contribution in [2.45, 2.75) is 31.4 Å². The topological polar surface area (TPSA) is 75.7 Å². The quantitative estimate of drug-likeness (QED) is 0.569. The summed E-state index contributed by atoms with van der Waals surface area (Å²) in [6.07, 6.45) is -6.63. The van der Waals surface area contributed by atoms with E-state index in [2.05, 4.69) is 5.32 Å². The number of rotatable bonds is 8. The average molecular weight is 486 g/mol. The van der Waals surface area contributed by atoms with Gasteiger partial charge < -0.3 is 10.1 Å². The zero-order chi connectivity index (χ0) is 24.2. The molecule has 1 aliphatic rings. The molecule has 0 spiro atoms. The molecule has 0 aromatic heterocycles. The highest BCUT2D eigenvalue weighted by Crippen LogP contribution is 2.29. The molecule has 3 rings (SSSR count). The lowest BCUT2D eigenvalue weighted by Crippen LogP contribution is -2.33. The first-order valence-corrected chi connectivity index (χ1v) is 11.5. The van der Waals surface area contributed by atoms with E-state index in [1.54, 1.807) is 30.3 Å². The number of halogens is 4. The van der Waals surface area contributed by atoms with E-state index >= 15 is 0 Å².